The maximum Gasteiger partial charge on any atom is 0.222 e. The molecule has 114 valence electrons. The number of hydrogen-bond donors (Lipinski definition) is 2. The Hall–Kier alpha value is -1.04. The van der Waals surface area contributed by atoms with Crippen molar-refractivity contribution in [3.05, 3.63) is 28.2 Å². The van der Waals surface area contributed by atoms with Crippen LogP contribution in [0.2, 0.25) is 10.0 Å². The number of thiocarbonyl (C=S) groups is 1. The number of hydrogen-bond acceptors (Lipinski definition) is 2. The summed E-state index contributed by atoms with van der Waals surface area (Å²) >= 11 is 17.0. The summed E-state index contributed by atoms with van der Waals surface area (Å²) in [5.41, 5.74) is 0.789. The zero-order valence-electron chi connectivity index (χ0n) is 11.5. The summed E-state index contributed by atoms with van der Waals surface area (Å²) in [5, 5.41) is 7.68. The number of carbonyl (C=O) groups excluding carboxylic acids is 1. The van der Waals surface area contributed by atoms with E-state index in [1.54, 1.807) is 12.1 Å². The highest BCUT2D eigenvalue weighted by atomic mass is 35.5. The summed E-state index contributed by atoms with van der Waals surface area (Å²) in [7, 11) is 0. The summed E-state index contributed by atoms with van der Waals surface area (Å²) in [6, 6.07) is 5.25. The van der Waals surface area contributed by atoms with Crippen molar-refractivity contribution >= 4 is 52.1 Å². The number of amides is 1. The molecule has 2 rings (SSSR count). The van der Waals surface area contributed by atoms with Gasteiger partial charge in [-0.15, -0.1) is 0 Å². The molecule has 1 aromatic rings. The van der Waals surface area contributed by atoms with Crippen molar-refractivity contribution in [1.29, 1.82) is 0 Å². The van der Waals surface area contributed by atoms with Gasteiger partial charge in [0.05, 0.1) is 10.0 Å². The Kier molecular flexibility index (Phi) is 6.08. The van der Waals surface area contributed by atoms with E-state index in [2.05, 4.69) is 10.6 Å². The van der Waals surface area contributed by atoms with E-state index in [1.165, 1.54) is 0 Å². The van der Waals surface area contributed by atoms with Crippen molar-refractivity contribution in [3.63, 3.8) is 0 Å². The molecule has 1 aromatic carbocycles. The van der Waals surface area contributed by atoms with Crippen LogP contribution in [0.4, 0.5) is 5.69 Å². The summed E-state index contributed by atoms with van der Waals surface area (Å²) in [6.07, 6.45) is 2.53. The highest BCUT2D eigenvalue weighted by Gasteiger charge is 2.18. The van der Waals surface area contributed by atoms with Crippen LogP contribution >= 0.6 is 35.4 Å². The Balaban J connectivity index is 1.67. The van der Waals surface area contributed by atoms with Gasteiger partial charge in [0.1, 0.15) is 0 Å². The summed E-state index contributed by atoms with van der Waals surface area (Å²) in [5.74, 6) is 0.256. The maximum absolute atomic E-state index is 11.4. The second kappa shape index (κ2) is 7.82. The minimum absolute atomic E-state index is 0.256. The lowest BCUT2D eigenvalue weighted by molar-refractivity contribution is -0.127. The van der Waals surface area contributed by atoms with Crippen molar-refractivity contribution in [3.8, 4) is 0 Å². The molecular weight excluding hydrogens is 329 g/mol. The third-order valence-corrected chi connectivity index (χ3v) is 4.22. The summed E-state index contributed by atoms with van der Waals surface area (Å²) < 4.78 is 0. The van der Waals surface area contributed by atoms with Crippen LogP contribution < -0.4 is 10.6 Å². The first kappa shape index (κ1) is 16.3. The first-order valence-corrected chi connectivity index (χ1v) is 8.00. The van der Waals surface area contributed by atoms with Gasteiger partial charge in [0, 0.05) is 31.7 Å². The largest absolute Gasteiger partial charge is 0.362 e. The van der Waals surface area contributed by atoms with Crippen LogP contribution in [0.25, 0.3) is 0 Å². The highest BCUT2D eigenvalue weighted by Crippen LogP contribution is 2.24. The van der Waals surface area contributed by atoms with Gasteiger partial charge in [-0.05, 0) is 43.3 Å². The predicted octanol–water partition coefficient (Wildman–Crippen LogP) is 3.29. The first-order chi connectivity index (χ1) is 10.1. The summed E-state index contributed by atoms with van der Waals surface area (Å²) in [4.78, 5) is 13.3. The SMILES string of the molecule is O=C1CCCN1CCCNC(=S)Nc1ccc(Cl)c(Cl)c1. The van der Waals surface area contributed by atoms with Gasteiger partial charge in [-0.3, -0.25) is 4.79 Å². The van der Waals surface area contributed by atoms with Crippen molar-refractivity contribution < 1.29 is 4.79 Å². The lowest BCUT2D eigenvalue weighted by Gasteiger charge is -2.16. The first-order valence-electron chi connectivity index (χ1n) is 6.84. The molecule has 0 spiro atoms. The van der Waals surface area contributed by atoms with Crippen LogP contribution in [0.5, 0.6) is 0 Å². The average Bonchev–Trinajstić information content (AvgIpc) is 2.85. The predicted molar refractivity (Wildman–Crippen MR) is 91.1 cm³/mol. The fraction of sp³-hybridized carbons (Fsp3) is 0.429. The van der Waals surface area contributed by atoms with Gasteiger partial charge in [0.2, 0.25) is 5.91 Å². The number of likely N-dealkylation sites (tertiary alicyclic amines) is 1. The lowest BCUT2D eigenvalue weighted by atomic mass is 10.3. The van der Waals surface area contributed by atoms with Crippen LogP contribution in [0.1, 0.15) is 19.3 Å². The normalized spacial score (nSPS) is 14.4. The number of nitrogens with zero attached hydrogens (tertiary/aromatic N) is 1. The van der Waals surface area contributed by atoms with E-state index < -0.39 is 0 Å². The van der Waals surface area contributed by atoms with Crippen LogP contribution in [0.3, 0.4) is 0 Å². The quantitative estimate of drug-likeness (QED) is 0.634. The molecule has 1 saturated heterocycles. The topological polar surface area (TPSA) is 44.4 Å². The number of carbonyl (C=O) groups is 1. The van der Waals surface area contributed by atoms with Crippen LogP contribution in [-0.2, 0) is 4.79 Å². The molecule has 0 aliphatic carbocycles. The van der Waals surface area contributed by atoms with Gasteiger partial charge in [0.15, 0.2) is 5.11 Å². The minimum atomic E-state index is 0.256. The Morgan fingerprint density at radius 2 is 2.14 bits per heavy atom. The molecule has 0 radical (unpaired) electrons. The minimum Gasteiger partial charge on any atom is -0.362 e. The number of anilines is 1. The zero-order chi connectivity index (χ0) is 15.2. The number of benzene rings is 1. The Labute approximate surface area is 139 Å². The van der Waals surface area contributed by atoms with E-state index in [-0.39, 0.29) is 5.91 Å². The fourth-order valence-electron chi connectivity index (χ4n) is 2.16. The number of nitrogens with one attached hydrogen (secondary N) is 2. The van der Waals surface area contributed by atoms with Crippen molar-refractivity contribution in [1.82, 2.24) is 10.2 Å². The smallest absolute Gasteiger partial charge is 0.222 e. The van der Waals surface area contributed by atoms with E-state index in [1.807, 2.05) is 11.0 Å². The third-order valence-electron chi connectivity index (χ3n) is 3.24. The van der Waals surface area contributed by atoms with Gasteiger partial charge >= 0.3 is 0 Å². The van der Waals surface area contributed by atoms with E-state index in [0.29, 0.717) is 21.6 Å². The van der Waals surface area contributed by atoms with Crippen molar-refractivity contribution in [2.45, 2.75) is 19.3 Å². The zero-order valence-corrected chi connectivity index (χ0v) is 13.8. The van der Waals surface area contributed by atoms with Crippen LogP contribution in [-0.4, -0.2) is 35.6 Å². The van der Waals surface area contributed by atoms with Gasteiger partial charge in [-0.25, -0.2) is 0 Å². The molecule has 0 aromatic heterocycles. The molecule has 1 aliphatic heterocycles. The molecule has 21 heavy (non-hydrogen) atoms. The fourth-order valence-corrected chi connectivity index (χ4v) is 2.68. The van der Waals surface area contributed by atoms with Gasteiger partial charge < -0.3 is 15.5 Å². The Morgan fingerprint density at radius 3 is 2.81 bits per heavy atom. The highest BCUT2D eigenvalue weighted by molar-refractivity contribution is 7.80. The molecule has 0 atom stereocenters. The molecule has 2 N–H and O–H groups in total. The van der Waals surface area contributed by atoms with E-state index in [9.17, 15) is 4.79 Å². The van der Waals surface area contributed by atoms with Gasteiger partial charge in [-0.2, -0.15) is 0 Å². The van der Waals surface area contributed by atoms with Gasteiger partial charge in [-0.1, -0.05) is 23.2 Å². The van der Waals surface area contributed by atoms with E-state index in [0.717, 1.165) is 38.2 Å². The molecule has 0 unspecified atom stereocenters. The molecule has 1 amide bonds. The second-order valence-electron chi connectivity index (χ2n) is 4.85. The number of rotatable bonds is 5. The molecule has 7 heteroatoms. The molecule has 0 bridgehead atoms. The Bertz CT molecular complexity index is 539. The van der Waals surface area contributed by atoms with E-state index in [4.69, 9.17) is 35.4 Å². The van der Waals surface area contributed by atoms with Gasteiger partial charge in [0.25, 0.3) is 0 Å². The van der Waals surface area contributed by atoms with Crippen LogP contribution in [0, 0.1) is 0 Å². The third kappa shape index (κ3) is 5.02. The molecule has 4 nitrogen and oxygen atoms in total. The molecule has 1 fully saturated rings. The standard InChI is InChI=1S/C14H17Cl2N3OS/c15-11-5-4-10(9-12(11)16)18-14(21)17-6-2-8-19-7-1-3-13(19)20/h4-5,9H,1-3,6-8H2,(H2,17,18,21). The van der Waals surface area contributed by atoms with Crippen LogP contribution in [0.15, 0.2) is 18.2 Å². The maximum atomic E-state index is 11.4. The molecule has 0 saturated carbocycles. The lowest BCUT2D eigenvalue weighted by Crippen LogP contribution is -2.32. The second-order valence-corrected chi connectivity index (χ2v) is 6.07. The van der Waals surface area contributed by atoms with Crippen molar-refractivity contribution in [2.75, 3.05) is 25.0 Å². The monoisotopic (exact) mass is 345 g/mol. The van der Waals surface area contributed by atoms with E-state index >= 15 is 0 Å². The summed E-state index contributed by atoms with van der Waals surface area (Å²) in [6.45, 7) is 2.38. The Morgan fingerprint density at radius 1 is 1.33 bits per heavy atom. The number of halogens is 2. The molecule has 1 heterocycles. The molecule has 1 aliphatic rings. The van der Waals surface area contributed by atoms with Crippen molar-refractivity contribution in [2.24, 2.45) is 0 Å². The molecular formula is C14H17Cl2N3OS. The average molecular weight is 346 g/mol.